The van der Waals surface area contributed by atoms with E-state index in [1.807, 2.05) is 13.8 Å². The van der Waals surface area contributed by atoms with E-state index in [-0.39, 0.29) is 30.5 Å². The molecule has 1 aliphatic rings. The Morgan fingerprint density at radius 1 is 1.43 bits per heavy atom. The fourth-order valence-electron chi connectivity index (χ4n) is 2.31. The Bertz CT molecular complexity index is 522. The standard InChI is InChI=1S/C15H20F2N2O2/c1-8(2)13(7-20)19-15(21)18-12-6-10(12)9-4-3-5-11(16)14(9)17/h3-5,8,10,12-13,20H,6-7H2,1-2H3,(H2,18,19,21)/t10?,12?,13-/m1/s1. The van der Waals surface area contributed by atoms with E-state index >= 15 is 0 Å². The highest BCUT2D eigenvalue weighted by Gasteiger charge is 2.41. The van der Waals surface area contributed by atoms with Crippen LogP contribution in [0.2, 0.25) is 0 Å². The molecule has 3 atom stereocenters. The first-order valence-electron chi connectivity index (χ1n) is 7.05. The summed E-state index contributed by atoms with van der Waals surface area (Å²) in [5.74, 6) is -1.81. The molecule has 2 amide bonds. The zero-order valence-corrected chi connectivity index (χ0v) is 12.1. The van der Waals surface area contributed by atoms with Crippen molar-refractivity contribution >= 4 is 6.03 Å². The van der Waals surface area contributed by atoms with Crippen LogP contribution in [0.1, 0.15) is 31.7 Å². The molecule has 0 saturated heterocycles. The number of aliphatic hydroxyl groups excluding tert-OH is 1. The molecular formula is C15H20F2N2O2. The molecule has 0 bridgehead atoms. The Labute approximate surface area is 122 Å². The number of aliphatic hydroxyl groups is 1. The number of nitrogens with one attached hydrogen (secondary N) is 2. The molecule has 1 saturated carbocycles. The van der Waals surface area contributed by atoms with Gasteiger partial charge in [0.2, 0.25) is 0 Å². The van der Waals surface area contributed by atoms with Gasteiger partial charge in [0.25, 0.3) is 0 Å². The van der Waals surface area contributed by atoms with E-state index in [9.17, 15) is 13.6 Å². The molecule has 0 aromatic heterocycles. The third-order valence-corrected chi connectivity index (χ3v) is 3.81. The molecule has 4 nitrogen and oxygen atoms in total. The molecule has 2 rings (SSSR count). The van der Waals surface area contributed by atoms with Crippen molar-refractivity contribution in [2.45, 2.75) is 38.3 Å². The van der Waals surface area contributed by atoms with E-state index in [4.69, 9.17) is 5.11 Å². The van der Waals surface area contributed by atoms with Crippen molar-refractivity contribution in [1.29, 1.82) is 0 Å². The summed E-state index contributed by atoms with van der Waals surface area (Å²) in [7, 11) is 0. The van der Waals surface area contributed by atoms with Gasteiger partial charge in [-0.05, 0) is 24.0 Å². The fourth-order valence-corrected chi connectivity index (χ4v) is 2.31. The van der Waals surface area contributed by atoms with Gasteiger partial charge < -0.3 is 15.7 Å². The SMILES string of the molecule is CC(C)[C@@H](CO)NC(=O)NC1CC1c1cccc(F)c1F. The zero-order chi connectivity index (χ0) is 15.6. The van der Waals surface area contributed by atoms with Gasteiger partial charge in [-0.1, -0.05) is 26.0 Å². The number of hydrogen-bond donors (Lipinski definition) is 3. The first-order valence-corrected chi connectivity index (χ1v) is 7.05. The van der Waals surface area contributed by atoms with Crippen LogP contribution in [0.3, 0.4) is 0 Å². The van der Waals surface area contributed by atoms with Crippen molar-refractivity contribution in [2.75, 3.05) is 6.61 Å². The maximum atomic E-state index is 13.6. The Balaban J connectivity index is 1.89. The largest absolute Gasteiger partial charge is 0.394 e. The van der Waals surface area contributed by atoms with Crippen molar-refractivity contribution in [3.05, 3.63) is 35.4 Å². The van der Waals surface area contributed by atoms with Gasteiger partial charge in [0, 0.05) is 12.0 Å². The predicted octanol–water partition coefficient (Wildman–Crippen LogP) is 2.14. The number of hydrogen-bond acceptors (Lipinski definition) is 2. The monoisotopic (exact) mass is 298 g/mol. The minimum absolute atomic E-state index is 0.108. The van der Waals surface area contributed by atoms with Gasteiger partial charge in [-0.15, -0.1) is 0 Å². The van der Waals surface area contributed by atoms with E-state index in [2.05, 4.69) is 10.6 Å². The number of rotatable bonds is 5. The number of benzene rings is 1. The number of carbonyl (C=O) groups excluding carboxylic acids is 1. The number of carbonyl (C=O) groups is 1. The van der Waals surface area contributed by atoms with Crippen LogP contribution in [-0.4, -0.2) is 29.8 Å². The van der Waals surface area contributed by atoms with Crippen LogP contribution in [0.15, 0.2) is 18.2 Å². The quantitative estimate of drug-likeness (QED) is 0.780. The molecule has 1 aromatic carbocycles. The van der Waals surface area contributed by atoms with Crippen LogP contribution in [0.4, 0.5) is 13.6 Å². The summed E-state index contributed by atoms with van der Waals surface area (Å²) in [5, 5.41) is 14.5. The van der Waals surface area contributed by atoms with Crippen LogP contribution >= 0.6 is 0 Å². The third kappa shape index (κ3) is 3.69. The van der Waals surface area contributed by atoms with Crippen molar-refractivity contribution in [3.63, 3.8) is 0 Å². The lowest BCUT2D eigenvalue weighted by Gasteiger charge is -2.20. The second-order valence-corrected chi connectivity index (χ2v) is 5.74. The molecule has 0 radical (unpaired) electrons. The first-order chi connectivity index (χ1) is 9.93. The van der Waals surface area contributed by atoms with Gasteiger partial charge in [-0.3, -0.25) is 0 Å². The van der Waals surface area contributed by atoms with Crippen molar-refractivity contribution in [1.82, 2.24) is 10.6 Å². The summed E-state index contributed by atoms with van der Waals surface area (Å²) >= 11 is 0. The van der Waals surface area contributed by atoms with E-state index in [0.717, 1.165) is 6.07 Å². The van der Waals surface area contributed by atoms with Crippen LogP contribution in [-0.2, 0) is 0 Å². The first kappa shape index (κ1) is 15.7. The highest BCUT2D eigenvalue weighted by molar-refractivity contribution is 5.75. The second kappa shape index (κ2) is 6.39. The second-order valence-electron chi connectivity index (χ2n) is 5.74. The van der Waals surface area contributed by atoms with Crippen LogP contribution in [0.25, 0.3) is 0 Å². The Morgan fingerprint density at radius 2 is 2.14 bits per heavy atom. The molecule has 1 aromatic rings. The predicted molar refractivity (Wildman–Crippen MR) is 74.9 cm³/mol. The minimum Gasteiger partial charge on any atom is -0.394 e. The van der Waals surface area contributed by atoms with Crippen LogP contribution < -0.4 is 10.6 Å². The van der Waals surface area contributed by atoms with Crippen LogP contribution in [0.5, 0.6) is 0 Å². The van der Waals surface area contributed by atoms with E-state index in [1.165, 1.54) is 12.1 Å². The summed E-state index contributed by atoms with van der Waals surface area (Å²) in [6.07, 6.45) is 0.583. The average Bonchev–Trinajstić information content (AvgIpc) is 3.17. The molecule has 0 aliphatic heterocycles. The molecule has 6 heteroatoms. The molecule has 21 heavy (non-hydrogen) atoms. The number of urea groups is 1. The van der Waals surface area contributed by atoms with Crippen molar-refractivity contribution in [3.8, 4) is 0 Å². The molecule has 2 unspecified atom stereocenters. The summed E-state index contributed by atoms with van der Waals surface area (Å²) in [6.45, 7) is 3.64. The maximum Gasteiger partial charge on any atom is 0.315 e. The smallest absolute Gasteiger partial charge is 0.315 e. The lowest BCUT2D eigenvalue weighted by atomic mass is 10.1. The van der Waals surface area contributed by atoms with E-state index in [0.29, 0.717) is 12.0 Å². The fraction of sp³-hybridized carbons (Fsp3) is 0.533. The topological polar surface area (TPSA) is 61.4 Å². The molecule has 0 spiro atoms. The lowest BCUT2D eigenvalue weighted by molar-refractivity contribution is 0.198. The van der Waals surface area contributed by atoms with E-state index in [1.54, 1.807) is 0 Å². The zero-order valence-electron chi connectivity index (χ0n) is 12.1. The van der Waals surface area contributed by atoms with Gasteiger partial charge in [0.1, 0.15) is 0 Å². The van der Waals surface area contributed by atoms with Gasteiger partial charge in [-0.25, -0.2) is 13.6 Å². The molecular weight excluding hydrogens is 278 g/mol. The lowest BCUT2D eigenvalue weighted by Crippen LogP contribution is -2.47. The number of halogens is 2. The van der Waals surface area contributed by atoms with Gasteiger partial charge in [-0.2, -0.15) is 0 Å². The summed E-state index contributed by atoms with van der Waals surface area (Å²) in [4.78, 5) is 11.8. The van der Waals surface area contributed by atoms with E-state index < -0.39 is 17.7 Å². The Kier molecular flexibility index (Phi) is 4.77. The summed E-state index contributed by atoms with van der Waals surface area (Å²) < 4.78 is 26.8. The van der Waals surface area contributed by atoms with Gasteiger partial charge in [0.05, 0.1) is 12.6 Å². The minimum atomic E-state index is -0.872. The average molecular weight is 298 g/mol. The molecule has 3 N–H and O–H groups in total. The molecule has 116 valence electrons. The molecule has 0 heterocycles. The highest BCUT2D eigenvalue weighted by atomic mass is 19.2. The Hall–Kier alpha value is -1.69. The highest BCUT2D eigenvalue weighted by Crippen LogP contribution is 2.42. The van der Waals surface area contributed by atoms with Gasteiger partial charge >= 0.3 is 6.03 Å². The molecule has 1 aliphatic carbocycles. The Morgan fingerprint density at radius 3 is 2.76 bits per heavy atom. The third-order valence-electron chi connectivity index (χ3n) is 3.81. The van der Waals surface area contributed by atoms with Crippen molar-refractivity contribution < 1.29 is 18.7 Å². The summed E-state index contributed by atoms with van der Waals surface area (Å²) in [6, 6.07) is 3.15. The summed E-state index contributed by atoms with van der Waals surface area (Å²) in [5.41, 5.74) is 0.294. The maximum absolute atomic E-state index is 13.6. The number of amides is 2. The molecule has 1 fully saturated rings. The van der Waals surface area contributed by atoms with Crippen LogP contribution in [0, 0.1) is 17.6 Å². The van der Waals surface area contributed by atoms with Crippen molar-refractivity contribution in [2.24, 2.45) is 5.92 Å². The normalized spacial score (nSPS) is 22.0. The van der Waals surface area contributed by atoms with Gasteiger partial charge in [0.15, 0.2) is 11.6 Å².